The van der Waals surface area contributed by atoms with E-state index in [1.807, 2.05) is 24.0 Å². The summed E-state index contributed by atoms with van der Waals surface area (Å²) in [6.07, 6.45) is 1.69. The Balaban J connectivity index is 0.00000338. The molecule has 0 fully saturated rings. The van der Waals surface area contributed by atoms with Crippen molar-refractivity contribution in [2.45, 2.75) is 28.2 Å². The van der Waals surface area contributed by atoms with E-state index >= 15 is 0 Å². The van der Waals surface area contributed by atoms with Crippen molar-refractivity contribution in [2.75, 3.05) is 11.4 Å². The third kappa shape index (κ3) is 10.5. The summed E-state index contributed by atoms with van der Waals surface area (Å²) in [4.78, 5) is 0.908. The van der Waals surface area contributed by atoms with Gasteiger partial charge in [-0.3, -0.25) is 0 Å². The van der Waals surface area contributed by atoms with Crippen LogP contribution in [0.15, 0.2) is 136 Å². The molecule has 0 spiro atoms. The molecule has 0 bridgehead atoms. The molecule has 0 saturated heterocycles. The second-order valence-electron chi connectivity index (χ2n) is 10.8. The van der Waals surface area contributed by atoms with Crippen molar-refractivity contribution in [3.8, 4) is 0 Å². The number of rotatable bonds is 10. The topological polar surface area (TPSA) is 175 Å². The van der Waals surface area contributed by atoms with Crippen LogP contribution in [0, 0.1) is 0 Å². The standard InChI is InChI=1S/C35H31NO9S3.2Na/c1-2-36(24-27-8-6-10-32(23-27)47(40,41)42)30-19-17-29(18-20-30)35(33-11-3-4-12-34(33)48(43,44)45)28-15-13-25(14-16-28)21-26-7-5-9-31(22-26)46(37,38)39;;/h3-23H,2,24H2,1H3,(H,37,38,39)(H,40,41,42)(H,43,44,45);;/q;2*+1/p-3. The largest absolute Gasteiger partial charge is 1.00 e. The van der Waals surface area contributed by atoms with Crippen molar-refractivity contribution in [2.24, 2.45) is 0 Å². The van der Waals surface area contributed by atoms with Crippen LogP contribution in [0.25, 0.3) is 11.6 Å². The van der Waals surface area contributed by atoms with Gasteiger partial charge in [0.25, 0.3) is 0 Å². The number of hydrogen-bond acceptors (Lipinski definition) is 10. The molecule has 0 saturated carbocycles. The fourth-order valence-electron chi connectivity index (χ4n) is 5.31. The average Bonchev–Trinajstić information content (AvgIpc) is 3.04. The van der Waals surface area contributed by atoms with Gasteiger partial charge >= 0.3 is 59.1 Å². The van der Waals surface area contributed by atoms with Crippen LogP contribution < -0.4 is 74.5 Å². The molecule has 0 aliphatic rings. The van der Waals surface area contributed by atoms with Crippen molar-refractivity contribution in [1.29, 1.82) is 0 Å². The van der Waals surface area contributed by atoms with Crippen molar-refractivity contribution in [1.82, 2.24) is 0 Å². The fourth-order valence-corrected chi connectivity index (χ4v) is 7.06. The summed E-state index contributed by atoms with van der Waals surface area (Å²) in [7, 11) is -14.1. The zero-order valence-corrected chi connectivity index (χ0v) is 33.8. The van der Waals surface area contributed by atoms with Gasteiger partial charge in [-0.25, -0.2) is 25.3 Å². The predicted molar refractivity (Wildman–Crippen MR) is 177 cm³/mol. The van der Waals surface area contributed by atoms with Gasteiger partial charge in [-0.1, -0.05) is 78.9 Å². The summed E-state index contributed by atoms with van der Waals surface area (Å²) in [6, 6.07) is 31.5. The Morgan fingerprint density at radius 2 is 1.22 bits per heavy atom. The first-order valence-corrected chi connectivity index (χ1v) is 18.7. The SMILES string of the molecule is CCN(Cc1cccc(S(=O)(=O)[O-])c1)c1ccc(C(c2ccccc2S(=O)(=O)[O-])=c2ccc(=Cc3cccc(S(=O)(=O)[O-])c3)cc2)cc1.[Na+].[Na+]. The van der Waals surface area contributed by atoms with Crippen molar-refractivity contribution >= 4 is 47.7 Å². The quantitative estimate of drug-likeness (QED) is 0.110. The van der Waals surface area contributed by atoms with Gasteiger partial charge in [0, 0.05) is 24.3 Å². The van der Waals surface area contributed by atoms with Gasteiger partial charge in [-0.2, -0.15) is 0 Å². The molecule has 15 heteroatoms. The zero-order valence-electron chi connectivity index (χ0n) is 27.4. The zero-order chi connectivity index (χ0) is 34.7. The Morgan fingerprint density at radius 1 is 0.640 bits per heavy atom. The van der Waals surface area contributed by atoms with E-state index in [0.717, 1.165) is 5.69 Å². The van der Waals surface area contributed by atoms with Gasteiger partial charge in [-0.15, -0.1) is 0 Å². The second kappa shape index (κ2) is 17.3. The molecule has 50 heavy (non-hydrogen) atoms. The minimum atomic E-state index is -4.86. The number of anilines is 1. The van der Waals surface area contributed by atoms with E-state index in [0.29, 0.717) is 45.8 Å². The van der Waals surface area contributed by atoms with Gasteiger partial charge in [-0.05, 0) is 88.2 Å². The van der Waals surface area contributed by atoms with Crippen LogP contribution in [0.5, 0.6) is 0 Å². The van der Waals surface area contributed by atoms with E-state index < -0.39 is 35.2 Å². The van der Waals surface area contributed by atoms with Gasteiger partial charge in [0.1, 0.15) is 30.4 Å². The Morgan fingerprint density at radius 3 is 1.80 bits per heavy atom. The number of benzene rings is 5. The van der Waals surface area contributed by atoms with Crippen LogP contribution in [0.2, 0.25) is 0 Å². The van der Waals surface area contributed by atoms with Crippen molar-refractivity contribution < 1.29 is 98.0 Å². The Kier molecular flexibility index (Phi) is 14.4. The van der Waals surface area contributed by atoms with E-state index in [4.69, 9.17) is 0 Å². The maximum atomic E-state index is 12.3. The Labute approximate surface area is 336 Å². The predicted octanol–water partition coefficient (Wildman–Crippen LogP) is -2.49. The van der Waals surface area contributed by atoms with Crippen molar-refractivity contribution in [3.63, 3.8) is 0 Å². The maximum Gasteiger partial charge on any atom is 1.00 e. The van der Waals surface area contributed by atoms with E-state index in [-0.39, 0.29) is 74.5 Å². The van der Waals surface area contributed by atoms with Crippen LogP contribution >= 0.6 is 0 Å². The van der Waals surface area contributed by atoms with E-state index in [1.54, 1.807) is 66.7 Å². The van der Waals surface area contributed by atoms with Gasteiger partial charge < -0.3 is 18.6 Å². The third-order valence-electron chi connectivity index (χ3n) is 7.57. The molecule has 0 radical (unpaired) electrons. The molecule has 5 rings (SSSR count). The molecular formula is C35H28NNa2O9S3-. The molecule has 0 heterocycles. The number of nitrogens with zero attached hydrogens (tertiary/aromatic N) is 1. The first-order valence-electron chi connectivity index (χ1n) is 14.5. The molecule has 0 atom stereocenters. The van der Waals surface area contributed by atoms with Crippen LogP contribution in [0.3, 0.4) is 0 Å². The normalized spacial score (nSPS) is 11.5. The third-order valence-corrected chi connectivity index (χ3v) is 10.1. The minimum Gasteiger partial charge on any atom is -0.744 e. The fraction of sp³-hybridized carbons (Fsp3) is 0.0857. The Hall–Kier alpha value is -2.63. The van der Waals surface area contributed by atoms with E-state index in [9.17, 15) is 38.9 Å². The van der Waals surface area contributed by atoms with Crippen LogP contribution in [0.4, 0.5) is 5.69 Å². The van der Waals surface area contributed by atoms with E-state index in [1.165, 1.54) is 48.5 Å². The first kappa shape index (κ1) is 41.8. The average molecular weight is 749 g/mol. The summed E-state index contributed by atoms with van der Waals surface area (Å²) >= 11 is 0. The van der Waals surface area contributed by atoms with Gasteiger partial charge in [0.05, 0.1) is 14.7 Å². The summed E-state index contributed by atoms with van der Waals surface area (Å²) in [5.41, 5.74) is 3.16. The number of hydrogen-bond donors (Lipinski definition) is 0. The van der Waals surface area contributed by atoms with Crippen LogP contribution in [0.1, 0.15) is 29.2 Å². The summed E-state index contributed by atoms with van der Waals surface area (Å²) in [5, 5.41) is 1.26. The Bertz CT molecular complexity index is 2430. The molecule has 0 aliphatic heterocycles. The molecule has 0 N–H and O–H groups in total. The van der Waals surface area contributed by atoms with Gasteiger partial charge in [0.2, 0.25) is 0 Å². The second-order valence-corrected chi connectivity index (χ2v) is 14.9. The summed E-state index contributed by atoms with van der Waals surface area (Å²) in [6.45, 7) is 2.78. The molecule has 0 aliphatic carbocycles. The molecular weight excluding hydrogens is 721 g/mol. The minimum absolute atomic E-state index is 0. The molecule has 10 nitrogen and oxygen atoms in total. The van der Waals surface area contributed by atoms with Crippen LogP contribution in [-0.2, 0) is 36.9 Å². The molecule has 5 aromatic carbocycles. The summed E-state index contributed by atoms with van der Waals surface area (Å²) < 4.78 is 106. The maximum absolute atomic E-state index is 12.3. The van der Waals surface area contributed by atoms with E-state index in [2.05, 4.69) is 0 Å². The molecule has 0 aromatic heterocycles. The smallest absolute Gasteiger partial charge is 0.744 e. The van der Waals surface area contributed by atoms with Crippen molar-refractivity contribution in [3.05, 3.63) is 154 Å². The molecule has 0 unspecified atom stereocenters. The van der Waals surface area contributed by atoms with Crippen LogP contribution in [-0.4, -0.2) is 45.5 Å². The monoisotopic (exact) mass is 748 g/mol. The summed E-state index contributed by atoms with van der Waals surface area (Å²) in [5.74, 6) is 0. The first-order chi connectivity index (χ1) is 22.6. The molecule has 0 amide bonds. The molecule has 248 valence electrons. The molecule has 5 aromatic rings. The van der Waals surface area contributed by atoms with Gasteiger partial charge in [0.15, 0.2) is 0 Å².